The molecule has 1 aliphatic rings. The van der Waals surface area contributed by atoms with Crippen molar-refractivity contribution in [1.82, 2.24) is 4.98 Å². The van der Waals surface area contributed by atoms with Crippen LogP contribution in [-0.4, -0.2) is 16.7 Å². The number of hydrogen-bond donors (Lipinski definition) is 2. The van der Waals surface area contributed by atoms with Crippen molar-refractivity contribution in [3.8, 4) is 0 Å². The average Bonchev–Trinajstić information content (AvgIpc) is 3.51. The minimum atomic E-state index is -0.344. The Labute approximate surface area is 155 Å². The van der Waals surface area contributed by atoms with E-state index in [4.69, 9.17) is 0 Å². The van der Waals surface area contributed by atoms with Gasteiger partial charge in [0.25, 0.3) is 5.56 Å². The maximum Gasteiger partial charge on any atom is 0.255 e. The molecule has 5 nitrogen and oxygen atoms in total. The lowest BCUT2D eigenvalue weighted by atomic mass is 10.1. The van der Waals surface area contributed by atoms with Crippen LogP contribution in [0.4, 0.5) is 5.69 Å². The van der Waals surface area contributed by atoms with Crippen molar-refractivity contribution < 1.29 is 9.59 Å². The predicted octanol–water partition coefficient (Wildman–Crippen LogP) is 3.77. The second kappa shape index (κ2) is 7.03. The molecule has 1 amide bonds. The van der Waals surface area contributed by atoms with E-state index >= 15 is 0 Å². The Bertz CT molecular complexity index is 1110. The highest BCUT2D eigenvalue weighted by Gasteiger charge is 2.30. The second-order valence-electron chi connectivity index (χ2n) is 6.68. The standard InChI is InChI=1S/C22H18N2O3/c25-20(23-18-10-7-15(8-11-18)21(26)14-5-6-14)12-9-17-13-16-3-1-2-4-19(16)24-22(17)27/h1-4,7-14H,5-6H2,(H,23,25)(H,24,27)/b12-9+. The summed E-state index contributed by atoms with van der Waals surface area (Å²) in [5.74, 6) is 0.000509. The SMILES string of the molecule is O=C(/C=C/c1cc2ccccc2[nH]c1=O)Nc1ccc(C(=O)C2CC2)cc1. The minimum absolute atomic E-state index is 0.170. The highest BCUT2D eigenvalue weighted by atomic mass is 16.1. The monoisotopic (exact) mass is 358 g/mol. The Morgan fingerprint density at radius 3 is 2.52 bits per heavy atom. The number of carbonyl (C=O) groups is 2. The fourth-order valence-corrected chi connectivity index (χ4v) is 2.94. The summed E-state index contributed by atoms with van der Waals surface area (Å²) in [5.41, 5.74) is 2.19. The molecular weight excluding hydrogens is 340 g/mol. The van der Waals surface area contributed by atoms with Gasteiger partial charge in [-0.2, -0.15) is 0 Å². The lowest BCUT2D eigenvalue weighted by molar-refractivity contribution is -0.111. The maximum atomic E-state index is 12.1. The number of nitrogens with one attached hydrogen (secondary N) is 2. The summed E-state index contributed by atoms with van der Waals surface area (Å²) in [4.78, 5) is 39.0. The number of anilines is 1. The third-order valence-corrected chi connectivity index (χ3v) is 4.58. The van der Waals surface area contributed by atoms with Crippen molar-refractivity contribution in [3.05, 3.63) is 82.2 Å². The molecule has 0 bridgehead atoms. The summed E-state index contributed by atoms with van der Waals surface area (Å²) in [6.45, 7) is 0. The van der Waals surface area contributed by atoms with Crippen LogP contribution in [0.25, 0.3) is 17.0 Å². The van der Waals surface area contributed by atoms with Crippen LogP contribution < -0.4 is 10.9 Å². The third-order valence-electron chi connectivity index (χ3n) is 4.58. The summed E-state index contributed by atoms with van der Waals surface area (Å²) in [6, 6.07) is 16.1. The molecule has 27 heavy (non-hydrogen) atoms. The number of H-pyrrole nitrogens is 1. The molecule has 0 spiro atoms. The quantitative estimate of drug-likeness (QED) is 0.538. The van der Waals surface area contributed by atoms with Gasteiger partial charge in [-0.1, -0.05) is 18.2 Å². The molecule has 2 N–H and O–H groups in total. The first kappa shape index (κ1) is 17.0. The zero-order valence-corrected chi connectivity index (χ0v) is 14.6. The molecule has 0 saturated heterocycles. The first-order valence-corrected chi connectivity index (χ1v) is 8.85. The van der Waals surface area contributed by atoms with E-state index < -0.39 is 0 Å². The van der Waals surface area contributed by atoms with Gasteiger partial charge < -0.3 is 10.3 Å². The van der Waals surface area contributed by atoms with Crippen LogP contribution in [0.3, 0.4) is 0 Å². The molecule has 1 aliphatic carbocycles. The number of para-hydroxylation sites is 1. The first-order chi connectivity index (χ1) is 13.1. The Morgan fingerprint density at radius 2 is 1.78 bits per heavy atom. The molecule has 0 atom stereocenters. The van der Waals surface area contributed by atoms with Gasteiger partial charge in [-0.25, -0.2) is 0 Å². The Balaban J connectivity index is 1.45. The van der Waals surface area contributed by atoms with Gasteiger partial charge in [0.1, 0.15) is 0 Å². The van der Waals surface area contributed by atoms with Gasteiger partial charge in [-0.3, -0.25) is 14.4 Å². The van der Waals surface area contributed by atoms with Gasteiger partial charge in [0, 0.05) is 34.3 Å². The number of pyridine rings is 1. The number of hydrogen-bond acceptors (Lipinski definition) is 3. The Morgan fingerprint density at radius 1 is 1.04 bits per heavy atom. The molecule has 2 aromatic carbocycles. The van der Waals surface area contributed by atoms with Crippen LogP contribution in [0, 0.1) is 5.92 Å². The number of aromatic nitrogens is 1. The fourth-order valence-electron chi connectivity index (χ4n) is 2.94. The van der Waals surface area contributed by atoms with E-state index in [0.29, 0.717) is 16.8 Å². The smallest absolute Gasteiger partial charge is 0.255 e. The second-order valence-corrected chi connectivity index (χ2v) is 6.68. The van der Waals surface area contributed by atoms with Crippen LogP contribution in [0.15, 0.2) is 65.5 Å². The van der Waals surface area contributed by atoms with Gasteiger partial charge in [-0.05, 0) is 60.7 Å². The van der Waals surface area contributed by atoms with Gasteiger partial charge in [0.15, 0.2) is 5.78 Å². The third kappa shape index (κ3) is 3.87. The number of ketones is 1. The number of benzene rings is 2. The van der Waals surface area contributed by atoms with Crippen molar-refractivity contribution in [2.75, 3.05) is 5.32 Å². The molecule has 5 heteroatoms. The van der Waals surface area contributed by atoms with Gasteiger partial charge in [-0.15, -0.1) is 0 Å². The van der Waals surface area contributed by atoms with Gasteiger partial charge in [0.2, 0.25) is 5.91 Å². The van der Waals surface area contributed by atoms with Crippen molar-refractivity contribution >= 4 is 34.4 Å². The first-order valence-electron chi connectivity index (χ1n) is 8.85. The summed E-state index contributed by atoms with van der Waals surface area (Å²) in [5, 5.41) is 3.63. The lowest BCUT2D eigenvalue weighted by Gasteiger charge is -2.04. The number of fused-ring (bicyclic) bond motifs is 1. The van der Waals surface area contributed by atoms with Crippen molar-refractivity contribution in [1.29, 1.82) is 0 Å². The molecule has 1 saturated carbocycles. The number of aromatic amines is 1. The molecule has 0 aliphatic heterocycles. The van der Waals surface area contributed by atoms with Crippen LogP contribution in [-0.2, 0) is 4.79 Å². The zero-order valence-electron chi connectivity index (χ0n) is 14.6. The highest BCUT2D eigenvalue weighted by Crippen LogP contribution is 2.32. The average molecular weight is 358 g/mol. The molecule has 0 radical (unpaired) electrons. The van der Waals surface area contributed by atoms with Crippen molar-refractivity contribution in [2.24, 2.45) is 5.92 Å². The number of rotatable bonds is 5. The van der Waals surface area contributed by atoms with E-state index in [9.17, 15) is 14.4 Å². The van der Waals surface area contributed by atoms with E-state index in [1.54, 1.807) is 30.3 Å². The zero-order chi connectivity index (χ0) is 18.8. The largest absolute Gasteiger partial charge is 0.323 e. The highest BCUT2D eigenvalue weighted by molar-refractivity contribution is 6.03. The predicted molar refractivity (Wildman–Crippen MR) is 106 cm³/mol. The van der Waals surface area contributed by atoms with Crippen LogP contribution >= 0.6 is 0 Å². The Hall–Kier alpha value is -3.47. The molecule has 4 rings (SSSR count). The molecule has 0 unspecified atom stereocenters. The molecule has 1 aromatic heterocycles. The van der Waals surface area contributed by atoms with E-state index in [2.05, 4.69) is 10.3 Å². The molecule has 134 valence electrons. The van der Waals surface area contributed by atoms with E-state index in [1.807, 2.05) is 24.3 Å². The number of carbonyl (C=O) groups excluding carboxylic acids is 2. The molecule has 1 fully saturated rings. The normalized spacial score (nSPS) is 13.8. The van der Waals surface area contributed by atoms with E-state index in [-0.39, 0.29) is 23.2 Å². The molecule has 3 aromatic rings. The maximum absolute atomic E-state index is 12.1. The van der Waals surface area contributed by atoms with Gasteiger partial charge >= 0.3 is 0 Å². The number of Topliss-reactive ketones (excluding diaryl/α,β-unsaturated/α-hetero) is 1. The fraction of sp³-hybridized carbons (Fsp3) is 0.136. The summed E-state index contributed by atoms with van der Waals surface area (Å²) in [7, 11) is 0. The van der Waals surface area contributed by atoms with E-state index in [1.165, 1.54) is 12.2 Å². The lowest BCUT2D eigenvalue weighted by Crippen LogP contribution is -2.11. The summed E-state index contributed by atoms with van der Waals surface area (Å²) in [6.07, 6.45) is 4.75. The van der Waals surface area contributed by atoms with Crippen LogP contribution in [0.5, 0.6) is 0 Å². The number of amides is 1. The summed E-state index contributed by atoms with van der Waals surface area (Å²) < 4.78 is 0. The van der Waals surface area contributed by atoms with Crippen LogP contribution in [0.2, 0.25) is 0 Å². The summed E-state index contributed by atoms with van der Waals surface area (Å²) >= 11 is 0. The van der Waals surface area contributed by atoms with Gasteiger partial charge in [0.05, 0.1) is 0 Å². The molecule has 1 heterocycles. The van der Waals surface area contributed by atoms with E-state index in [0.717, 1.165) is 23.7 Å². The molecular formula is C22H18N2O3. The topological polar surface area (TPSA) is 79.0 Å². The van der Waals surface area contributed by atoms with Crippen molar-refractivity contribution in [2.45, 2.75) is 12.8 Å². The Kier molecular flexibility index (Phi) is 4.42. The van der Waals surface area contributed by atoms with Crippen LogP contribution in [0.1, 0.15) is 28.8 Å². The minimum Gasteiger partial charge on any atom is -0.323 e. The van der Waals surface area contributed by atoms with Crippen molar-refractivity contribution in [3.63, 3.8) is 0 Å².